The van der Waals surface area contributed by atoms with Crippen molar-refractivity contribution in [3.63, 3.8) is 0 Å². The maximum atomic E-state index is 12.9. The van der Waals surface area contributed by atoms with E-state index in [0.29, 0.717) is 18.8 Å². The lowest BCUT2D eigenvalue weighted by Gasteiger charge is -2.29. The van der Waals surface area contributed by atoms with Crippen LogP contribution in [0.15, 0.2) is 54.6 Å². The molecule has 0 aromatic heterocycles. The van der Waals surface area contributed by atoms with Crippen LogP contribution in [0.4, 0.5) is 0 Å². The fourth-order valence-corrected chi connectivity index (χ4v) is 2.87. The number of carbonyl (C=O) groups is 2. The number of hydrogen-bond donors (Lipinski definition) is 1. The molecular formula is C23H30N2O3. The molecule has 0 bridgehead atoms. The Kier molecular flexibility index (Phi) is 8.53. The molecule has 2 aromatic rings. The van der Waals surface area contributed by atoms with Crippen molar-refractivity contribution in [2.24, 2.45) is 0 Å². The Morgan fingerprint density at radius 3 is 2.54 bits per heavy atom. The molecule has 2 amide bonds. The van der Waals surface area contributed by atoms with E-state index in [4.69, 9.17) is 4.74 Å². The minimum Gasteiger partial charge on any atom is -0.484 e. The Morgan fingerprint density at radius 1 is 1.11 bits per heavy atom. The molecule has 0 radical (unpaired) electrons. The Labute approximate surface area is 167 Å². The average Bonchev–Trinajstić information content (AvgIpc) is 2.70. The van der Waals surface area contributed by atoms with Crippen molar-refractivity contribution in [3.05, 3.63) is 65.7 Å². The fraction of sp³-hybridized carbons (Fsp3) is 0.391. The van der Waals surface area contributed by atoms with Gasteiger partial charge in [0.05, 0.1) is 0 Å². The highest BCUT2D eigenvalue weighted by atomic mass is 16.5. The van der Waals surface area contributed by atoms with Crippen molar-refractivity contribution in [1.82, 2.24) is 10.2 Å². The van der Waals surface area contributed by atoms with Crippen LogP contribution in [0, 0.1) is 6.92 Å². The smallest absolute Gasteiger partial charge is 0.261 e. The number of ether oxygens (including phenoxy) is 1. The summed E-state index contributed by atoms with van der Waals surface area (Å²) in [5.41, 5.74) is 2.10. The molecule has 2 rings (SSSR count). The SMILES string of the molecule is CCCCNC(=O)[C@H](C)N(Cc1cccc(C)c1)C(=O)COc1ccccc1. The van der Waals surface area contributed by atoms with E-state index >= 15 is 0 Å². The molecule has 1 N–H and O–H groups in total. The number of hydrogen-bond acceptors (Lipinski definition) is 3. The topological polar surface area (TPSA) is 58.6 Å². The maximum absolute atomic E-state index is 12.9. The number of benzene rings is 2. The molecule has 2 aromatic carbocycles. The van der Waals surface area contributed by atoms with Crippen molar-refractivity contribution in [1.29, 1.82) is 0 Å². The number of aryl methyl sites for hydroxylation is 1. The molecule has 0 aliphatic rings. The third-order valence-electron chi connectivity index (χ3n) is 4.54. The van der Waals surface area contributed by atoms with Crippen LogP contribution < -0.4 is 10.1 Å². The highest BCUT2D eigenvalue weighted by molar-refractivity contribution is 5.87. The number of carbonyl (C=O) groups excluding carboxylic acids is 2. The molecule has 5 nitrogen and oxygen atoms in total. The van der Waals surface area contributed by atoms with Gasteiger partial charge in [0.1, 0.15) is 11.8 Å². The van der Waals surface area contributed by atoms with E-state index in [9.17, 15) is 9.59 Å². The van der Waals surface area contributed by atoms with Gasteiger partial charge in [-0.2, -0.15) is 0 Å². The van der Waals surface area contributed by atoms with E-state index in [2.05, 4.69) is 12.2 Å². The summed E-state index contributed by atoms with van der Waals surface area (Å²) < 4.78 is 5.62. The first-order chi connectivity index (χ1) is 13.5. The number of unbranched alkanes of at least 4 members (excludes halogenated alkanes) is 1. The lowest BCUT2D eigenvalue weighted by atomic mass is 10.1. The van der Waals surface area contributed by atoms with E-state index in [1.807, 2.05) is 49.4 Å². The first-order valence-electron chi connectivity index (χ1n) is 9.81. The molecule has 0 aliphatic carbocycles. The lowest BCUT2D eigenvalue weighted by Crippen LogP contribution is -2.49. The number of nitrogens with one attached hydrogen (secondary N) is 1. The predicted molar refractivity (Wildman–Crippen MR) is 111 cm³/mol. The van der Waals surface area contributed by atoms with E-state index in [-0.39, 0.29) is 18.4 Å². The van der Waals surface area contributed by atoms with Crippen LogP contribution in [0.25, 0.3) is 0 Å². The normalized spacial score (nSPS) is 11.5. The summed E-state index contributed by atoms with van der Waals surface area (Å²) in [6.45, 7) is 6.72. The second kappa shape index (κ2) is 11.1. The summed E-state index contributed by atoms with van der Waals surface area (Å²) in [6.07, 6.45) is 1.92. The van der Waals surface area contributed by atoms with Crippen LogP contribution in [0.1, 0.15) is 37.8 Å². The molecule has 150 valence electrons. The quantitative estimate of drug-likeness (QED) is 0.637. The van der Waals surface area contributed by atoms with Crippen molar-refractivity contribution in [3.8, 4) is 5.75 Å². The minimum atomic E-state index is -0.579. The van der Waals surface area contributed by atoms with Gasteiger partial charge in [0, 0.05) is 13.1 Å². The summed E-state index contributed by atoms with van der Waals surface area (Å²) in [5, 5.41) is 2.92. The van der Waals surface area contributed by atoms with E-state index < -0.39 is 6.04 Å². The summed E-state index contributed by atoms with van der Waals surface area (Å²) in [4.78, 5) is 27.0. The van der Waals surface area contributed by atoms with Gasteiger partial charge in [0.2, 0.25) is 5.91 Å². The highest BCUT2D eigenvalue weighted by Gasteiger charge is 2.26. The van der Waals surface area contributed by atoms with E-state index in [1.165, 1.54) is 0 Å². The molecule has 0 unspecified atom stereocenters. The van der Waals surface area contributed by atoms with Crippen LogP contribution >= 0.6 is 0 Å². The van der Waals surface area contributed by atoms with Gasteiger partial charge in [-0.3, -0.25) is 9.59 Å². The standard InChI is InChI=1S/C23H30N2O3/c1-4-5-14-24-23(27)19(3)25(16-20-11-9-10-18(2)15-20)22(26)17-28-21-12-7-6-8-13-21/h6-13,15,19H,4-5,14,16-17H2,1-3H3,(H,24,27)/t19-/m0/s1. The van der Waals surface area contributed by atoms with Gasteiger partial charge < -0.3 is 15.0 Å². The summed E-state index contributed by atoms with van der Waals surface area (Å²) in [6, 6.07) is 16.6. The van der Waals surface area contributed by atoms with Crippen LogP contribution in [0.5, 0.6) is 5.75 Å². The van der Waals surface area contributed by atoms with Gasteiger partial charge >= 0.3 is 0 Å². The van der Waals surface area contributed by atoms with Crippen LogP contribution in [0.3, 0.4) is 0 Å². The van der Waals surface area contributed by atoms with Gasteiger partial charge in [0.15, 0.2) is 6.61 Å². The van der Waals surface area contributed by atoms with Crippen molar-refractivity contribution >= 4 is 11.8 Å². The largest absolute Gasteiger partial charge is 0.484 e. The third-order valence-corrected chi connectivity index (χ3v) is 4.54. The Morgan fingerprint density at radius 2 is 1.86 bits per heavy atom. The summed E-state index contributed by atoms with van der Waals surface area (Å²) >= 11 is 0. The van der Waals surface area contributed by atoms with Crippen molar-refractivity contribution in [2.45, 2.75) is 46.2 Å². The lowest BCUT2D eigenvalue weighted by molar-refractivity contribution is -0.142. The molecule has 0 fully saturated rings. The van der Waals surface area contributed by atoms with Gasteiger partial charge in [-0.05, 0) is 38.0 Å². The van der Waals surface area contributed by atoms with E-state index in [1.54, 1.807) is 24.0 Å². The van der Waals surface area contributed by atoms with Gasteiger partial charge in [-0.15, -0.1) is 0 Å². The highest BCUT2D eigenvalue weighted by Crippen LogP contribution is 2.13. The molecular weight excluding hydrogens is 352 g/mol. The predicted octanol–water partition coefficient (Wildman–Crippen LogP) is 3.71. The van der Waals surface area contributed by atoms with Gasteiger partial charge in [0.25, 0.3) is 5.91 Å². The fourth-order valence-electron chi connectivity index (χ4n) is 2.87. The number of amides is 2. The number of nitrogens with zero attached hydrogens (tertiary/aromatic N) is 1. The number of para-hydroxylation sites is 1. The Bertz CT molecular complexity index is 761. The molecule has 0 heterocycles. The molecule has 28 heavy (non-hydrogen) atoms. The van der Waals surface area contributed by atoms with Gasteiger partial charge in [-0.1, -0.05) is 61.4 Å². The number of rotatable bonds is 10. The first kappa shape index (κ1) is 21.5. The van der Waals surface area contributed by atoms with Crippen molar-refractivity contribution < 1.29 is 14.3 Å². The average molecular weight is 383 g/mol. The molecule has 1 atom stereocenters. The first-order valence-corrected chi connectivity index (χ1v) is 9.81. The zero-order valence-corrected chi connectivity index (χ0v) is 17.0. The minimum absolute atomic E-state index is 0.109. The molecule has 0 spiro atoms. The van der Waals surface area contributed by atoms with E-state index in [0.717, 1.165) is 24.0 Å². The van der Waals surface area contributed by atoms with Crippen LogP contribution in [-0.4, -0.2) is 35.9 Å². The van der Waals surface area contributed by atoms with Crippen LogP contribution in [0.2, 0.25) is 0 Å². The second-order valence-corrected chi connectivity index (χ2v) is 6.93. The summed E-state index contributed by atoms with van der Waals surface area (Å²) in [7, 11) is 0. The molecule has 5 heteroatoms. The summed E-state index contributed by atoms with van der Waals surface area (Å²) in [5.74, 6) is 0.268. The second-order valence-electron chi connectivity index (χ2n) is 6.93. The Balaban J connectivity index is 2.09. The van der Waals surface area contributed by atoms with Crippen molar-refractivity contribution in [2.75, 3.05) is 13.2 Å². The van der Waals surface area contributed by atoms with Gasteiger partial charge in [-0.25, -0.2) is 0 Å². The van der Waals surface area contributed by atoms with Crippen LogP contribution in [-0.2, 0) is 16.1 Å². The maximum Gasteiger partial charge on any atom is 0.261 e. The monoisotopic (exact) mass is 382 g/mol. The zero-order valence-electron chi connectivity index (χ0n) is 17.0. The molecule has 0 saturated heterocycles. The molecule has 0 aliphatic heterocycles. The molecule has 0 saturated carbocycles. The Hall–Kier alpha value is -2.82. The third kappa shape index (κ3) is 6.72. The zero-order chi connectivity index (χ0) is 20.4.